The molecular weight excluding hydrogens is 640 g/mol. The van der Waals surface area contributed by atoms with E-state index in [1.807, 2.05) is 0 Å². The third kappa shape index (κ3) is 9.55. The number of benzene rings is 1. The van der Waals surface area contributed by atoms with E-state index >= 15 is 0 Å². The molecule has 1 aromatic heterocycles. The van der Waals surface area contributed by atoms with Crippen molar-refractivity contribution in [2.45, 2.75) is 90.5 Å². The summed E-state index contributed by atoms with van der Waals surface area (Å²) in [5, 5.41) is 44.0. The number of carbonyl (C=O) groups excluding carboxylic acids is 3. The minimum Gasteiger partial charge on any atom is -0.477 e. The second-order valence-electron chi connectivity index (χ2n) is 12.6. The largest absolute Gasteiger partial charge is 0.477 e. The van der Waals surface area contributed by atoms with Crippen LogP contribution < -0.4 is 9.64 Å². The number of anilines is 1. The van der Waals surface area contributed by atoms with Crippen LogP contribution in [0.5, 0.6) is 5.88 Å². The summed E-state index contributed by atoms with van der Waals surface area (Å²) in [6.45, 7) is 9.17. The summed E-state index contributed by atoms with van der Waals surface area (Å²) in [6, 6.07) is 6.43. The van der Waals surface area contributed by atoms with Crippen molar-refractivity contribution in [2.75, 3.05) is 18.1 Å². The highest BCUT2D eigenvalue weighted by molar-refractivity contribution is 6.10. The molecule has 0 bridgehead atoms. The molecule has 2 aromatic rings. The number of carbonyl (C=O) groups is 3. The predicted molar refractivity (Wildman–Crippen MR) is 164 cm³/mol. The molecule has 1 fully saturated rings. The number of nitrogens with zero attached hydrogens (tertiary/aromatic N) is 4. The van der Waals surface area contributed by atoms with Crippen LogP contribution in [0.15, 0.2) is 30.3 Å². The Bertz CT molecular complexity index is 1510. The van der Waals surface area contributed by atoms with Crippen LogP contribution in [0.3, 0.4) is 0 Å². The van der Waals surface area contributed by atoms with Gasteiger partial charge in [0.25, 0.3) is 5.69 Å². The van der Waals surface area contributed by atoms with Gasteiger partial charge in [-0.15, -0.1) is 0 Å². The maximum Gasteiger partial charge on any atom is 0.426 e. The number of aromatic nitrogens is 1. The number of hydrogen-bond acceptors (Lipinski definition) is 15. The standard InChI is InChI=1S/C30H38N4O14/c1-16(36)45-24-22(37)21(15-35)46-23(24)19-14-20(34(42)43)25(32(27(38)47-29(2,3)4)28(39)48-30(5,6)7)31-26(19)44-13-12-17-8-10-18(11-9-17)33(40)41/h8-11,14,21-24,35,37H,12-13,15H2,1-7H3/t21-,22+,23+,24-/m1/s1. The lowest BCUT2D eigenvalue weighted by Gasteiger charge is -2.28. The van der Waals surface area contributed by atoms with Crippen LogP contribution in [-0.4, -0.2) is 85.9 Å². The first-order valence-corrected chi connectivity index (χ1v) is 14.7. The fourth-order valence-electron chi connectivity index (χ4n) is 4.48. The van der Waals surface area contributed by atoms with Crippen molar-refractivity contribution < 1.29 is 58.1 Å². The van der Waals surface area contributed by atoms with Crippen molar-refractivity contribution in [3.05, 3.63) is 61.7 Å². The molecule has 3 rings (SSSR count). The van der Waals surface area contributed by atoms with E-state index in [1.54, 1.807) is 0 Å². The first-order chi connectivity index (χ1) is 22.2. The molecule has 0 saturated carbocycles. The van der Waals surface area contributed by atoms with Crippen LogP contribution >= 0.6 is 0 Å². The van der Waals surface area contributed by atoms with Gasteiger partial charge < -0.3 is 33.9 Å². The average Bonchev–Trinajstić information content (AvgIpc) is 3.25. The fraction of sp³-hybridized carbons (Fsp3) is 0.533. The number of amides is 2. The lowest BCUT2D eigenvalue weighted by Crippen LogP contribution is -2.44. The minimum atomic E-state index is -1.57. The molecule has 0 radical (unpaired) electrons. The number of aliphatic hydroxyl groups is 2. The van der Waals surface area contributed by atoms with Crippen LogP contribution in [-0.2, 0) is 30.2 Å². The van der Waals surface area contributed by atoms with Gasteiger partial charge >= 0.3 is 23.8 Å². The Morgan fingerprint density at radius 1 is 0.979 bits per heavy atom. The van der Waals surface area contributed by atoms with E-state index in [4.69, 9.17) is 23.7 Å². The topological polar surface area (TPSA) is 240 Å². The van der Waals surface area contributed by atoms with E-state index in [2.05, 4.69) is 4.98 Å². The first kappa shape index (κ1) is 37.5. The van der Waals surface area contributed by atoms with Crippen molar-refractivity contribution in [3.8, 4) is 5.88 Å². The number of ether oxygens (including phenoxy) is 5. The molecule has 0 unspecified atom stereocenters. The molecule has 4 atom stereocenters. The summed E-state index contributed by atoms with van der Waals surface area (Å²) in [4.78, 5) is 65.2. The summed E-state index contributed by atoms with van der Waals surface area (Å²) in [6.07, 6.45) is -8.41. The first-order valence-electron chi connectivity index (χ1n) is 14.7. The van der Waals surface area contributed by atoms with Crippen LogP contribution in [0.2, 0.25) is 0 Å². The molecular formula is C30H38N4O14. The number of rotatable bonds is 10. The Morgan fingerprint density at radius 2 is 1.54 bits per heavy atom. The van der Waals surface area contributed by atoms with Crippen LogP contribution in [0, 0.1) is 20.2 Å². The van der Waals surface area contributed by atoms with Gasteiger partial charge in [0.2, 0.25) is 11.7 Å². The number of nitro benzene ring substituents is 1. The van der Waals surface area contributed by atoms with Crippen molar-refractivity contribution in [3.63, 3.8) is 0 Å². The zero-order valence-corrected chi connectivity index (χ0v) is 27.4. The fourth-order valence-corrected chi connectivity index (χ4v) is 4.48. The van der Waals surface area contributed by atoms with Gasteiger partial charge in [0, 0.05) is 31.5 Å². The number of non-ortho nitro benzene ring substituents is 1. The second kappa shape index (κ2) is 14.9. The minimum absolute atomic E-state index is 0.133. The van der Waals surface area contributed by atoms with Crippen molar-refractivity contribution in [2.24, 2.45) is 0 Å². The maximum absolute atomic E-state index is 13.4. The number of hydrogen-bond donors (Lipinski definition) is 2. The quantitative estimate of drug-likeness (QED) is 0.157. The zero-order chi connectivity index (χ0) is 36.1. The molecule has 2 amide bonds. The third-order valence-electron chi connectivity index (χ3n) is 6.44. The van der Waals surface area contributed by atoms with Gasteiger partial charge in [-0.1, -0.05) is 12.1 Å². The van der Waals surface area contributed by atoms with Gasteiger partial charge in [0.1, 0.15) is 29.5 Å². The molecule has 0 aliphatic carbocycles. The van der Waals surface area contributed by atoms with E-state index in [1.165, 1.54) is 65.8 Å². The highest BCUT2D eigenvalue weighted by Crippen LogP contribution is 2.43. The third-order valence-corrected chi connectivity index (χ3v) is 6.44. The van der Waals surface area contributed by atoms with Crippen LogP contribution in [0.1, 0.15) is 65.7 Å². The molecule has 0 spiro atoms. The highest BCUT2D eigenvalue weighted by Gasteiger charge is 2.49. The molecule has 1 saturated heterocycles. The lowest BCUT2D eigenvalue weighted by atomic mass is 10.0. The zero-order valence-electron chi connectivity index (χ0n) is 27.4. The number of aliphatic hydroxyl groups excluding tert-OH is 2. The molecule has 1 aliphatic heterocycles. The normalized spacial score (nSPS) is 19.3. The number of pyridine rings is 1. The van der Waals surface area contributed by atoms with Crippen molar-refractivity contribution in [1.82, 2.24) is 4.98 Å². The molecule has 1 aromatic carbocycles. The molecule has 18 nitrogen and oxygen atoms in total. The van der Waals surface area contributed by atoms with Gasteiger partial charge in [0.15, 0.2) is 6.10 Å². The summed E-state index contributed by atoms with van der Waals surface area (Å²) in [5.74, 6) is -2.13. The van der Waals surface area contributed by atoms with Gasteiger partial charge in [-0.3, -0.25) is 25.0 Å². The van der Waals surface area contributed by atoms with E-state index < -0.39 is 87.6 Å². The molecule has 18 heteroatoms. The molecule has 48 heavy (non-hydrogen) atoms. The Hall–Kier alpha value is -4.94. The van der Waals surface area contributed by atoms with Crippen molar-refractivity contribution >= 4 is 35.3 Å². The Kier molecular flexibility index (Phi) is 11.6. The lowest BCUT2D eigenvalue weighted by molar-refractivity contribution is -0.384. The Balaban J connectivity index is 2.21. The van der Waals surface area contributed by atoms with Gasteiger partial charge in [0.05, 0.1) is 28.6 Å². The summed E-state index contributed by atoms with van der Waals surface area (Å²) in [5.41, 5.74) is -3.03. The Morgan fingerprint density at radius 3 is 2.00 bits per heavy atom. The van der Waals surface area contributed by atoms with Gasteiger partial charge in [-0.05, 0) is 47.1 Å². The summed E-state index contributed by atoms with van der Waals surface area (Å²) >= 11 is 0. The van der Waals surface area contributed by atoms with E-state index in [0.29, 0.717) is 5.56 Å². The van der Waals surface area contributed by atoms with Gasteiger partial charge in [-0.25, -0.2) is 9.59 Å². The smallest absolute Gasteiger partial charge is 0.426 e. The number of nitro groups is 2. The van der Waals surface area contributed by atoms with E-state index in [0.717, 1.165) is 13.0 Å². The summed E-state index contributed by atoms with van der Waals surface area (Å²) < 4.78 is 27.6. The van der Waals surface area contributed by atoms with Crippen LogP contribution in [0.25, 0.3) is 0 Å². The molecule has 2 heterocycles. The second-order valence-corrected chi connectivity index (χ2v) is 12.6. The average molecular weight is 679 g/mol. The Labute approximate surface area is 274 Å². The SMILES string of the molecule is CC(=O)O[C@@H]1[C@@H](O)[C@@H](CO)O[C@H]1c1cc([N+](=O)[O-])c(N(C(=O)OC(C)(C)C)C(=O)OC(C)(C)C)nc1OCCc1ccc([N+](=O)[O-])cc1. The van der Waals surface area contributed by atoms with Gasteiger partial charge in [-0.2, -0.15) is 9.88 Å². The molecule has 2 N–H and O–H groups in total. The highest BCUT2D eigenvalue weighted by atomic mass is 16.6. The predicted octanol–water partition coefficient (Wildman–Crippen LogP) is 3.92. The van der Waals surface area contributed by atoms with E-state index in [9.17, 15) is 44.8 Å². The monoisotopic (exact) mass is 678 g/mol. The number of esters is 1. The van der Waals surface area contributed by atoms with Crippen molar-refractivity contribution in [1.29, 1.82) is 0 Å². The maximum atomic E-state index is 13.4. The van der Waals surface area contributed by atoms with E-state index in [-0.39, 0.29) is 29.2 Å². The summed E-state index contributed by atoms with van der Waals surface area (Å²) in [7, 11) is 0. The van der Waals surface area contributed by atoms with Crippen LogP contribution in [0.4, 0.5) is 26.8 Å². The molecule has 1 aliphatic rings. The number of imide groups is 1. The molecule has 262 valence electrons.